The number of Topliss-reactive ketones (excluding diaryl/α,β-unsaturated/α-hetero) is 1. The van der Waals surface area contributed by atoms with Crippen molar-refractivity contribution in [1.82, 2.24) is 4.90 Å². The fraction of sp³-hybridized carbons (Fsp3) is 0.450. The lowest BCUT2D eigenvalue weighted by Gasteiger charge is -2.31. The Morgan fingerprint density at radius 3 is 2.58 bits per heavy atom. The van der Waals surface area contributed by atoms with E-state index in [9.17, 15) is 4.79 Å². The van der Waals surface area contributed by atoms with E-state index in [1.54, 1.807) is 0 Å². The maximum absolute atomic E-state index is 12.9. The zero-order valence-corrected chi connectivity index (χ0v) is 13.9. The van der Waals surface area contributed by atoms with Crippen LogP contribution in [-0.2, 0) is 0 Å². The van der Waals surface area contributed by atoms with Crippen LogP contribution in [0.2, 0.25) is 0 Å². The topological polar surface area (TPSA) is 32.8 Å². The number of fused-ring (bicyclic) bond motifs is 3. The number of nitrogens with zero attached hydrogens (tertiary/aromatic N) is 2. The van der Waals surface area contributed by atoms with Crippen LogP contribution >= 0.6 is 0 Å². The standard InChI is InChI=1S/C20H22N2O2/c1-21-9-13-11-22(12-14(13)10-21)15-6-7-19-17(8-15)20(23)16-4-2-3-5-18(16)24-19/h2-8,13-14,16,18H,9-12H2,1H3/i1-1. The highest BCUT2D eigenvalue weighted by Gasteiger charge is 2.40. The Kier molecular flexibility index (Phi) is 3.10. The van der Waals surface area contributed by atoms with Gasteiger partial charge in [-0.3, -0.25) is 4.79 Å². The van der Waals surface area contributed by atoms with Crippen LogP contribution in [0.25, 0.3) is 0 Å². The van der Waals surface area contributed by atoms with E-state index in [0.29, 0.717) is 0 Å². The smallest absolute Gasteiger partial charge is 0.177 e. The van der Waals surface area contributed by atoms with Crippen LogP contribution < -0.4 is 9.64 Å². The second kappa shape index (κ2) is 5.21. The van der Waals surface area contributed by atoms with E-state index >= 15 is 0 Å². The zero-order valence-electron chi connectivity index (χ0n) is 13.9. The first-order valence-electron chi connectivity index (χ1n) is 8.82. The molecule has 4 unspecified atom stereocenters. The molecule has 2 saturated heterocycles. The van der Waals surface area contributed by atoms with E-state index in [2.05, 4.69) is 22.9 Å². The Balaban J connectivity index is 1.43. The first-order chi connectivity index (χ1) is 11.7. The molecule has 1 aromatic rings. The van der Waals surface area contributed by atoms with Gasteiger partial charge in [-0.1, -0.05) is 18.2 Å². The molecule has 4 heteroatoms. The van der Waals surface area contributed by atoms with Crippen molar-refractivity contribution >= 4 is 11.5 Å². The summed E-state index contributed by atoms with van der Waals surface area (Å²) in [5, 5.41) is 0. The van der Waals surface area contributed by atoms with Crippen LogP contribution in [0.4, 0.5) is 5.69 Å². The van der Waals surface area contributed by atoms with E-state index in [-0.39, 0.29) is 17.8 Å². The lowest BCUT2D eigenvalue weighted by molar-refractivity contribution is 0.0807. The molecule has 24 heavy (non-hydrogen) atoms. The second-order valence-corrected chi connectivity index (χ2v) is 7.57. The second-order valence-electron chi connectivity index (χ2n) is 7.57. The van der Waals surface area contributed by atoms with Gasteiger partial charge in [-0.2, -0.15) is 0 Å². The molecular formula is C20H22N2O2. The number of hydrogen-bond acceptors (Lipinski definition) is 4. The van der Waals surface area contributed by atoms with Gasteiger partial charge in [-0.05, 0) is 43.2 Å². The quantitative estimate of drug-likeness (QED) is 0.795. The van der Waals surface area contributed by atoms with Gasteiger partial charge >= 0.3 is 0 Å². The average molecular weight is 321 g/mol. The van der Waals surface area contributed by atoms with Gasteiger partial charge in [-0.15, -0.1) is 0 Å². The molecule has 0 N–H and O–H groups in total. The predicted octanol–water partition coefficient (Wildman–Crippen LogP) is 2.37. The lowest BCUT2D eigenvalue weighted by atomic mass is 9.86. The number of ether oxygens (including phenoxy) is 1. The largest absolute Gasteiger partial charge is 0.484 e. The van der Waals surface area contributed by atoms with Crippen LogP contribution in [0.15, 0.2) is 42.5 Å². The molecule has 4 atom stereocenters. The van der Waals surface area contributed by atoms with Gasteiger partial charge < -0.3 is 14.5 Å². The van der Waals surface area contributed by atoms with Crippen molar-refractivity contribution in [3.05, 3.63) is 48.1 Å². The number of rotatable bonds is 1. The lowest BCUT2D eigenvalue weighted by Crippen LogP contribution is -2.36. The van der Waals surface area contributed by atoms with Crippen molar-refractivity contribution in [3.8, 4) is 5.75 Å². The van der Waals surface area contributed by atoms with Crippen molar-refractivity contribution in [2.45, 2.75) is 6.10 Å². The van der Waals surface area contributed by atoms with Crippen molar-refractivity contribution in [1.29, 1.82) is 0 Å². The number of benzene rings is 1. The summed E-state index contributed by atoms with van der Waals surface area (Å²) < 4.78 is 6.03. The number of ketones is 1. The Morgan fingerprint density at radius 1 is 1.04 bits per heavy atom. The molecule has 3 heterocycles. The Bertz CT molecular complexity index is 740. The van der Waals surface area contributed by atoms with E-state index in [4.69, 9.17) is 4.74 Å². The van der Waals surface area contributed by atoms with E-state index < -0.39 is 0 Å². The molecule has 2 fully saturated rings. The summed E-state index contributed by atoms with van der Waals surface area (Å²) in [6, 6.07) is 6.13. The molecule has 1 aliphatic carbocycles. The number of likely N-dealkylation sites (tertiary alicyclic amines) is 1. The van der Waals surface area contributed by atoms with Crippen LogP contribution in [0.1, 0.15) is 10.4 Å². The van der Waals surface area contributed by atoms with Gasteiger partial charge in [-0.25, -0.2) is 0 Å². The highest BCUT2D eigenvalue weighted by atomic mass is 16.5. The molecule has 0 aromatic heterocycles. The van der Waals surface area contributed by atoms with Crippen molar-refractivity contribution in [2.75, 3.05) is 38.1 Å². The van der Waals surface area contributed by atoms with Gasteiger partial charge in [0.1, 0.15) is 11.9 Å². The summed E-state index contributed by atoms with van der Waals surface area (Å²) in [7, 11) is 2.21. The molecule has 5 rings (SSSR count). The monoisotopic (exact) mass is 321 g/mol. The first-order valence-corrected chi connectivity index (χ1v) is 8.82. The van der Waals surface area contributed by atoms with Gasteiger partial charge in [0.2, 0.25) is 0 Å². The highest BCUT2D eigenvalue weighted by molar-refractivity contribution is 6.03. The third kappa shape index (κ3) is 2.13. The van der Waals surface area contributed by atoms with Crippen LogP contribution in [0.5, 0.6) is 5.75 Å². The summed E-state index contributed by atoms with van der Waals surface area (Å²) in [5.74, 6) is 2.25. The summed E-state index contributed by atoms with van der Waals surface area (Å²) in [6.45, 7) is 4.57. The molecule has 3 aliphatic heterocycles. The molecule has 124 valence electrons. The summed E-state index contributed by atoms with van der Waals surface area (Å²) in [5.41, 5.74) is 1.90. The molecule has 0 saturated carbocycles. The molecular weight excluding hydrogens is 299 g/mol. The third-order valence-electron chi connectivity index (χ3n) is 5.91. The molecule has 0 radical (unpaired) electrons. The maximum Gasteiger partial charge on any atom is 0.177 e. The normalized spacial score (nSPS) is 34.0. The van der Waals surface area contributed by atoms with E-state index in [1.165, 1.54) is 13.1 Å². The summed E-state index contributed by atoms with van der Waals surface area (Å²) in [4.78, 5) is 17.7. The van der Waals surface area contributed by atoms with Gasteiger partial charge in [0.05, 0.1) is 11.5 Å². The van der Waals surface area contributed by atoms with E-state index in [1.807, 2.05) is 36.4 Å². The number of hydrogen-bond donors (Lipinski definition) is 0. The summed E-state index contributed by atoms with van der Waals surface area (Å²) in [6.07, 6.45) is 7.67. The minimum absolute atomic E-state index is 0.150. The van der Waals surface area contributed by atoms with Crippen LogP contribution in [0, 0.1) is 17.8 Å². The zero-order chi connectivity index (χ0) is 16.3. The molecule has 0 spiro atoms. The average Bonchev–Trinajstić information content (AvgIpc) is 3.12. The number of carbonyl (C=O) groups excluding carboxylic acids is 1. The fourth-order valence-corrected chi connectivity index (χ4v) is 4.71. The molecule has 0 bridgehead atoms. The Morgan fingerprint density at radius 2 is 1.79 bits per heavy atom. The van der Waals surface area contributed by atoms with Gasteiger partial charge in [0.15, 0.2) is 5.78 Å². The number of anilines is 1. The van der Waals surface area contributed by atoms with Crippen molar-refractivity contribution < 1.29 is 9.53 Å². The van der Waals surface area contributed by atoms with Gasteiger partial charge in [0, 0.05) is 31.9 Å². The molecule has 1 aromatic carbocycles. The van der Waals surface area contributed by atoms with Crippen molar-refractivity contribution in [3.63, 3.8) is 0 Å². The van der Waals surface area contributed by atoms with Gasteiger partial charge in [0.25, 0.3) is 0 Å². The predicted molar refractivity (Wildman–Crippen MR) is 93.6 cm³/mol. The SMILES string of the molecule is [11CH3]N1CC2CN(c3ccc4c(c3)C(=O)C3C=CC=CC3O4)CC2C1. The minimum Gasteiger partial charge on any atom is -0.484 e. The number of allylic oxidation sites excluding steroid dienone is 2. The molecule has 4 aliphatic rings. The van der Waals surface area contributed by atoms with E-state index in [0.717, 1.165) is 41.9 Å². The Labute approximate surface area is 142 Å². The molecule has 0 amide bonds. The maximum atomic E-state index is 12.9. The van der Waals surface area contributed by atoms with Crippen LogP contribution in [0.3, 0.4) is 0 Å². The Hall–Kier alpha value is -2.07. The highest BCUT2D eigenvalue weighted by Crippen LogP contribution is 2.38. The van der Waals surface area contributed by atoms with Crippen molar-refractivity contribution in [2.24, 2.45) is 17.8 Å². The number of carbonyl (C=O) groups is 1. The third-order valence-corrected chi connectivity index (χ3v) is 5.91. The molecule has 4 nitrogen and oxygen atoms in total. The summed E-state index contributed by atoms with van der Waals surface area (Å²) >= 11 is 0. The van der Waals surface area contributed by atoms with Crippen LogP contribution in [-0.4, -0.2) is 50.0 Å². The fourth-order valence-electron chi connectivity index (χ4n) is 4.71. The minimum atomic E-state index is -0.177. The first kappa shape index (κ1) is 14.3.